The van der Waals surface area contributed by atoms with Crippen molar-refractivity contribution in [2.75, 3.05) is 13.2 Å². The molecule has 0 aromatic heterocycles. The predicted octanol–water partition coefficient (Wildman–Crippen LogP) is 25.2. The summed E-state index contributed by atoms with van der Waals surface area (Å²) in [6.45, 7) is 6.73. The Kier molecular flexibility index (Phi) is 68.0. The van der Waals surface area contributed by atoms with E-state index in [1.54, 1.807) is 0 Å². The Labute approximate surface area is 501 Å². The molecular formula is C74H142O6. The highest BCUT2D eigenvalue weighted by Crippen LogP contribution is 2.19. The minimum absolute atomic E-state index is 0.0648. The van der Waals surface area contributed by atoms with Gasteiger partial charge in [0.2, 0.25) is 0 Å². The van der Waals surface area contributed by atoms with E-state index in [2.05, 4.69) is 32.9 Å². The van der Waals surface area contributed by atoms with Gasteiger partial charge in [0.15, 0.2) is 6.10 Å². The molecular weight excluding hydrogens is 985 g/mol. The monoisotopic (exact) mass is 1130 g/mol. The first-order chi connectivity index (χ1) is 39.5. The molecule has 0 spiro atoms. The summed E-state index contributed by atoms with van der Waals surface area (Å²) >= 11 is 0. The van der Waals surface area contributed by atoms with Crippen LogP contribution in [0.2, 0.25) is 0 Å². The van der Waals surface area contributed by atoms with Crippen molar-refractivity contribution in [2.45, 2.75) is 431 Å². The molecule has 474 valence electrons. The van der Waals surface area contributed by atoms with Crippen LogP contribution >= 0.6 is 0 Å². The number of ether oxygens (including phenoxy) is 3. The summed E-state index contributed by atoms with van der Waals surface area (Å²) in [4.78, 5) is 38.4. The fraction of sp³-hybridized carbons (Fsp3) is 0.932. The van der Waals surface area contributed by atoms with Crippen molar-refractivity contribution in [1.29, 1.82) is 0 Å². The second kappa shape index (κ2) is 69.6. The number of hydrogen-bond donors (Lipinski definition) is 0. The normalized spacial score (nSPS) is 12.0. The Morgan fingerprint density at radius 3 is 0.625 bits per heavy atom. The maximum atomic E-state index is 12.9. The fourth-order valence-corrected chi connectivity index (χ4v) is 11.5. The van der Waals surface area contributed by atoms with Gasteiger partial charge in [0.25, 0.3) is 0 Å². The van der Waals surface area contributed by atoms with Gasteiger partial charge in [-0.2, -0.15) is 0 Å². The molecule has 0 rings (SSSR count). The van der Waals surface area contributed by atoms with Crippen LogP contribution in [0.3, 0.4) is 0 Å². The molecule has 0 amide bonds. The average molecular weight is 1130 g/mol. The zero-order chi connectivity index (χ0) is 57.8. The third-order valence-electron chi connectivity index (χ3n) is 17.0. The molecule has 0 saturated heterocycles. The van der Waals surface area contributed by atoms with E-state index >= 15 is 0 Å². The van der Waals surface area contributed by atoms with Crippen molar-refractivity contribution in [2.24, 2.45) is 0 Å². The molecule has 80 heavy (non-hydrogen) atoms. The number of carbonyl (C=O) groups is 3. The van der Waals surface area contributed by atoms with Gasteiger partial charge in [-0.25, -0.2) is 0 Å². The third-order valence-corrected chi connectivity index (χ3v) is 17.0. The van der Waals surface area contributed by atoms with E-state index in [1.807, 2.05) is 0 Å². The van der Waals surface area contributed by atoms with E-state index in [4.69, 9.17) is 14.2 Å². The molecule has 0 aromatic carbocycles. The Morgan fingerprint density at radius 2 is 0.412 bits per heavy atom. The van der Waals surface area contributed by atoms with E-state index in [9.17, 15) is 14.4 Å². The van der Waals surface area contributed by atoms with Crippen molar-refractivity contribution in [1.82, 2.24) is 0 Å². The molecule has 0 aliphatic rings. The van der Waals surface area contributed by atoms with Crippen LogP contribution < -0.4 is 0 Å². The fourth-order valence-electron chi connectivity index (χ4n) is 11.5. The van der Waals surface area contributed by atoms with Crippen molar-refractivity contribution >= 4 is 17.9 Å². The lowest BCUT2D eigenvalue weighted by Gasteiger charge is -2.18. The summed E-state index contributed by atoms with van der Waals surface area (Å²) < 4.78 is 17.0. The lowest BCUT2D eigenvalue weighted by Crippen LogP contribution is -2.30. The molecule has 6 nitrogen and oxygen atoms in total. The lowest BCUT2D eigenvalue weighted by atomic mass is 10.0. The molecule has 0 bridgehead atoms. The molecule has 0 N–H and O–H groups in total. The molecule has 0 heterocycles. The smallest absolute Gasteiger partial charge is 0.306 e. The van der Waals surface area contributed by atoms with Crippen LogP contribution in [0.1, 0.15) is 425 Å². The Balaban J connectivity index is 4.17. The molecule has 0 aliphatic heterocycles. The Morgan fingerprint density at radius 1 is 0.237 bits per heavy atom. The van der Waals surface area contributed by atoms with Crippen LogP contribution in [0.5, 0.6) is 0 Å². The van der Waals surface area contributed by atoms with Gasteiger partial charge in [-0.3, -0.25) is 14.4 Å². The predicted molar refractivity (Wildman–Crippen MR) is 349 cm³/mol. The highest BCUT2D eigenvalue weighted by molar-refractivity contribution is 5.71. The van der Waals surface area contributed by atoms with Gasteiger partial charge in [0.05, 0.1) is 0 Å². The first kappa shape index (κ1) is 78.1. The maximum Gasteiger partial charge on any atom is 0.306 e. The molecule has 6 heteroatoms. The van der Waals surface area contributed by atoms with Crippen LogP contribution in [-0.4, -0.2) is 37.2 Å². The number of esters is 3. The number of hydrogen-bond acceptors (Lipinski definition) is 6. The van der Waals surface area contributed by atoms with Crippen LogP contribution in [0.25, 0.3) is 0 Å². The molecule has 0 radical (unpaired) electrons. The SMILES string of the molecule is CCCCCCCCC/C=C\CCCCCCCCCC(=O)OC(COC(=O)CCCCCCCCCCCCCCCCC)COC(=O)CCCCCCCCCCCCCCCCCCCCCCCCCCCCCCC. The highest BCUT2D eigenvalue weighted by atomic mass is 16.6. The maximum absolute atomic E-state index is 12.9. The van der Waals surface area contributed by atoms with E-state index in [0.717, 1.165) is 57.8 Å². The molecule has 0 aromatic rings. The van der Waals surface area contributed by atoms with Crippen LogP contribution in [0.4, 0.5) is 0 Å². The Hall–Kier alpha value is -1.85. The minimum atomic E-state index is -0.769. The van der Waals surface area contributed by atoms with Gasteiger partial charge in [-0.15, -0.1) is 0 Å². The van der Waals surface area contributed by atoms with Crippen molar-refractivity contribution in [3.05, 3.63) is 12.2 Å². The minimum Gasteiger partial charge on any atom is -0.462 e. The number of rotatable bonds is 69. The zero-order valence-electron chi connectivity index (χ0n) is 54.6. The summed E-state index contributed by atoms with van der Waals surface area (Å²) in [6, 6.07) is 0. The second-order valence-electron chi connectivity index (χ2n) is 25.2. The third kappa shape index (κ3) is 66.9. The molecule has 1 atom stereocenters. The van der Waals surface area contributed by atoms with E-state index < -0.39 is 6.10 Å². The summed E-state index contributed by atoms with van der Waals surface area (Å²) in [5.74, 6) is -0.832. The zero-order valence-corrected chi connectivity index (χ0v) is 54.6. The number of allylic oxidation sites excluding steroid dienone is 2. The van der Waals surface area contributed by atoms with Gasteiger partial charge in [0.1, 0.15) is 13.2 Å². The van der Waals surface area contributed by atoms with Gasteiger partial charge in [0, 0.05) is 19.3 Å². The summed E-state index contributed by atoms with van der Waals surface area (Å²) in [5, 5.41) is 0. The number of carbonyl (C=O) groups excluding carboxylic acids is 3. The molecule has 0 aliphatic carbocycles. The van der Waals surface area contributed by atoms with E-state index in [-0.39, 0.29) is 31.1 Å². The summed E-state index contributed by atoms with van der Waals surface area (Å²) in [6.07, 6.45) is 84.0. The average Bonchev–Trinajstić information content (AvgIpc) is 3.46. The van der Waals surface area contributed by atoms with Crippen LogP contribution in [-0.2, 0) is 28.6 Å². The topological polar surface area (TPSA) is 78.9 Å². The summed E-state index contributed by atoms with van der Waals surface area (Å²) in [7, 11) is 0. The Bertz CT molecular complexity index is 1250. The van der Waals surface area contributed by atoms with Gasteiger partial charge in [-0.05, 0) is 44.9 Å². The van der Waals surface area contributed by atoms with Crippen molar-refractivity contribution in [3.8, 4) is 0 Å². The molecule has 0 saturated carbocycles. The lowest BCUT2D eigenvalue weighted by molar-refractivity contribution is -0.167. The van der Waals surface area contributed by atoms with Gasteiger partial charge >= 0.3 is 17.9 Å². The van der Waals surface area contributed by atoms with Gasteiger partial charge in [-0.1, -0.05) is 373 Å². The molecule has 0 fully saturated rings. The highest BCUT2D eigenvalue weighted by Gasteiger charge is 2.20. The number of unbranched alkanes of at least 4 members (excludes halogenated alkanes) is 56. The van der Waals surface area contributed by atoms with Crippen molar-refractivity contribution < 1.29 is 28.6 Å². The van der Waals surface area contributed by atoms with Crippen LogP contribution in [0, 0.1) is 0 Å². The standard InChI is InChI=1S/C74H142O6/c1-4-7-10-13-16-19-22-25-28-30-32-33-34-35-36-37-38-39-40-41-42-44-46-49-52-55-58-61-64-67-73(76)79-70-71(69-78-72(75)66-63-60-57-54-51-48-45-27-24-21-18-15-12-9-6-3)80-74(77)68-65-62-59-56-53-50-47-43-31-29-26-23-20-17-14-11-8-5-2/h29,31,71H,4-28,30,32-70H2,1-3H3/b31-29-. The first-order valence-electron chi connectivity index (χ1n) is 36.7. The van der Waals surface area contributed by atoms with Crippen LogP contribution in [0.15, 0.2) is 12.2 Å². The first-order valence-corrected chi connectivity index (χ1v) is 36.7. The second-order valence-corrected chi connectivity index (χ2v) is 25.2. The van der Waals surface area contributed by atoms with E-state index in [1.165, 1.54) is 327 Å². The molecule has 1 unspecified atom stereocenters. The largest absolute Gasteiger partial charge is 0.462 e. The summed E-state index contributed by atoms with van der Waals surface area (Å²) in [5.41, 5.74) is 0. The van der Waals surface area contributed by atoms with E-state index in [0.29, 0.717) is 19.3 Å². The van der Waals surface area contributed by atoms with Gasteiger partial charge < -0.3 is 14.2 Å². The quantitative estimate of drug-likeness (QED) is 0.0261. The van der Waals surface area contributed by atoms with Crippen molar-refractivity contribution in [3.63, 3.8) is 0 Å².